The summed E-state index contributed by atoms with van der Waals surface area (Å²) in [7, 11) is 0. The van der Waals surface area contributed by atoms with Gasteiger partial charge in [-0.05, 0) is 54.7 Å². The number of halogens is 3. The van der Waals surface area contributed by atoms with E-state index in [9.17, 15) is 33.0 Å². The lowest BCUT2D eigenvalue weighted by Crippen LogP contribution is -2.61. The zero-order valence-corrected chi connectivity index (χ0v) is 28.0. The Labute approximate surface area is 294 Å². The van der Waals surface area contributed by atoms with Crippen molar-refractivity contribution in [1.82, 2.24) is 25.4 Å². The topological polar surface area (TPSA) is 136 Å². The number of carbonyl (C=O) groups is 2. The zero-order valence-electron chi connectivity index (χ0n) is 28.0. The van der Waals surface area contributed by atoms with Gasteiger partial charge in [-0.1, -0.05) is 42.5 Å². The first-order chi connectivity index (χ1) is 24.5. The summed E-state index contributed by atoms with van der Waals surface area (Å²) in [6.07, 6.45) is 7.18. The predicted molar refractivity (Wildman–Crippen MR) is 181 cm³/mol. The maximum Gasteiger partial charge on any atom is 0.405 e. The molecule has 0 bridgehead atoms. The molecule has 0 radical (unpaired) electrons. The van der Waals surface area contributed by atoms with Crippen LogP contribution < -0.4 is 15.4 Å². The van der Waals surface area contributed by atoms with Crippen molar-refractivity contribution in [2.75, 3.05) is 45.9 Å². The molecule has 1 aliphatic carbocycles. The number of aliphatic hydroxyl groups is 2. The number of aromatic nitrogens is 1. The van der Waals surface area contributed by atoms with Gasteiger partial charge in [0.2, 0.25) is 11.8 Å². The number of hydrogen-bond donors (Lipinski definition) is 4. The van der Waals surface area contributed by atoms with Crippen LogP contribution in [0, 0.1) is 5.92 Å². The lowest BCUT2D eigenvalue weighted by molar-refractivity contribution is -0.143. The number of pyridine rings is 1. The van der Waals surface area contributed by atoms with Crippen molar-refractivity contribution in [1.29, 1.82) is 0 Å². The van der Waals surface area contributed by atoms with Crippen LogP contribution >= 0.6 is 0 Å². The van der Waals surface area contributed by atoms with E-state index in [0.29, 0.717) is 30.2 Å². The molecule has 4 N–H and O–H groups in total. The molecule has 1 aromatic heterocycles. The summed E-state index contributed by atoms with van der Waals surface area (Å²) in [4.78, 5) is 34.9. The molecular formula is C37H42F3N5O6. The molecule has 1 aromatic carbocycles. The number of benzene rings is 1. The van der Waals surface area contributed by atoms with Gasteiger partial charge in [-0.25, -0.2) is 0 Å². The highest BCUT2D eigenvalue weighted by atomic mass is 19.4. The Balaban J connectivity index is 1.14. The molecule has 11 nitrogen and oxygen atoms in total. The van der Waals surface area contributed by atoms with Gasteiger partial charge in [0.1, 0.15) is 42.6 Å². The molecule has 6 rings (SSSR count). The van der Waals surface area contributed by atoms with Gasteiger partial charge in [-0.3, -0.25) is 24.4 Å². The number of fused-ring (bicyclic) bond motifs is 2. The number of aliphatic hydroxyl groups excluding tert-OH is 2. The summed E-state index contributed by atoms with van der Waals surface area (Å²) < 4.78 is 51.0. The molecule has 2 aromatic rings. The Morgan fingerprint density at radius 3 is 2.75 bits per heavy atom. The monoisotopic (exact) mass is 709 g/mol. The Hall–Kier alpha value is -4.50. The smallest absolute Gasteiger partial charge is 0.405 e. The molecule has 2 amide bonds. The number of nitrogens with zero attached hydrogens (tertiary/aromatic N) is 3. The van der Waals surface area contributed by atoms with Gasteiger partial charge >= 0.3 is 6.18 Å². The van der Waals surface area contributed by atoms with Gasteiger partial charge in [-0.2, -0.15) is 13.2 Å². The van der Waals surface area contributed by atoms with E-state index < -0.39 is 54.7 Å². The van der Waals surface area contributed by atoms with Crippen LogP contribution in [-0.2, 0) is 20.7 Å². The highest BCUT2D eigenvalue weighted by molar-refractivity contribution is 5.82. The van der Waals surface area contributed by atoms with Gasteiger partial charge in [0.05, 0.1) is 18.7 Å². The molecule has 51 heavy (non-hydrogen) atoms. The minimum absolute atomic E-state index is 0.00200. The van der Waals surface area contributed by atoms with Gasteiger partial charge in [0, 0.05) is 50.1 Å². The number of amides is 2. The van der Waals surface area contributed by atoms with Gasteiger partial charge in [0.15, 0.2) is 0 Å². The molecule has 0 spiro atoms. The molecule has 4 aliphatic rings. The van der Waals surface area contributed by atoms with Crippen molar-refractivity contribution in [2.45, 2.75) is 49.7 Å². The standard InChI is InChI=1S/C37H42F3N5O6/c38-37(39,40)23-42-36(49)30-21-44(20-28-12-11-25-7-1-3-9-32(25)51-28)14-15-45(30)19-27(46)17-26(16-24-6-5-13-41-18-24)35(48)43-34-29-8-2-4-10-33(29)50-22-31(34)47/h1-6,8-13,18,26-27,30-31,34,46-47H,7,14-17,19-23H2,(H,42,49)(H,43,48)/t26-,27+,30+,31-,34+/m1/s1. The average molecular weight is 710 g/mol. The van der Waals surface area contributed by atoms with Gasteiger partial charge in [0.25, 0.3) is 0 Å². The lowest BCUT2D eigenvalue weighted by atomic mass is 9.91. The third-order valence-electron chi connectivity index (χ3n) is 9.39. The van der Waals surface area contributed by atoms with E-state index in [1.165, 1.54) is 0 Å². The predicted octanol–water partition coefficient (Wildman–Crippen LogP) is 2.95. The quantitative estimate of drug-likeness (QED) is 0.263. The van der Waals surface area contributed by atoms with Gasteiger partial charge in [-0.15, -0.1) is 0 Å². The summed E-state index contributed by atoms with van der Waals surface area (Å²) in [5.41, 5.74) is 2.44. The number of alkyl halides is 3. The molecular weight excluding hydrogens is 667 g/mol. The van der Waals surface area contributed by atoms with Crippen LogP contribution in [0.2, 0.25) is 0 Å². The first kappa shape index (κ1) is 36.3. The summed E-state index contributed by atoms with van der Waals surface area (Å²) >= 11 is 0. The molecule has 5 atom stereocenters. The molecule has 4 heterocycles. The lowest BCUT2D eigenvalue weighted by Gasteiger charge is -2.41. The van der Waals surface area contributed by atoms with Crippen molar-refractivity contribution in [3.63, 3.8) is 0 Å². The van der Waals surface area contributed by atoms with Crippen LogP contribution in [0.4, 0.5) is 13.2 Å². The summed E-state index contributed by atoms with van der Waals surface area (Å²) in [6, 6.07) is 8.95. The second-order valence-electron chi connectivity index (χ2n) is 13.2. The van der Waals surface area contributed by atoms with Crippen LogP contribution in [0.25, 0.3) is 0 Å². The molecule has 3 aliphatic heterocycles. The zero-order chi connectivity index (χ0) is 36.0. The molecule has 272 valence electrons. The first-order valence-electron chi connectivity index (χ1n) is 17.0. The minimum atomic E-state index is -4.59. The number of β-amino-alcohol motifs (C(OH)–C–C–N with tert-alkyl or cyclic N) is 1. The number of rotatable bonds is 12. The van der Waals surface area contributed by atoms with Crippen LogP contribution in [-0.4, -0.2) is 107 Å². The Morgan fingerprint density at radius 1 is 1.10 bits per heavy atom. The Morgan fingerprint density at radius 2 is 1.94 bits per heavy atom. The highest BCUT2D eigenvalue weighted by Crippen LogP contribution is 2.33. The van der Waals surface area contributed by atoms with Crippen molar-refractivity contribution < 1.29 is 42.4 Å². The van der Waals surface area contributed by atoms with Crippen LogP contribution in [0.1, 0.15) is 30.0 Å². The number of nitrogens with one attached hydrogen (secondary N) is 2. The molecule has 1 saturated heterocycles. The van der Waals surface area contributed by atoms with Crippen molar-refractivity contribution in [3.8, 4) is 5.75 Å². The summed E-state index contributed by atoms with van der Waals surface area (Å²) in [5, 5.41) is 27.1. The summed E-state index contributed by atoms with van der Waals surface area (Å²) in [6.45, 7) is -0.332. The normalized spacial score (nSPS) is 23.2. The van der Waals surface area contributed by atoms with Crippen molar-refractivity contribution in [3.05, 3.63) is 107 Å². The van der Waals surface area contributed by atoms with E-state index in [1.54, 1.807) is 47.6 Å². The first-order valence-corrected chi connectivity index (χ1v) is 17.0. The molecule has 0 saturated carbocycles. The largest absolute Gasteiger partial charge is 0.490 e. The van der Waals surface area contributed by atoms with Crippen molar-refractivity contribution in [2.24, 2.45) is 5.92 Å². The Bertz CT molecular complexity index is 1680. The van der Waals surface area contributed by atoms with Crippen molar-refractivity contribution >= 4 is 11.8 Å². The summed E-state index contributed by atoms with van der Waals surface area (Å²) in [5.74, 6) is -0.00281. The fraction of sp³-hybridized carbons (Fsp3) is 0.432. The van der Waals surface area contributed by atoms with Gasteiger partial charge < -0.3 is 30.3 Å². The van der Waals surface area contributed by atoms with Crippen LogP contribution in [0.5, 0.6) is 5.75 Å². The van der Waals surface area contributed by atoms with E-state index in [-0.39, 0.29) is 39.1 Å². The number of hydrogen-bond acceptors (Lipinski definition) is 9. The van der Waals surface area contributed by atoms with E-state index >= 15 is 0 Å². The number of carbonyl (C=O) groups excluding carboxylic acids is 2. The minimum Gasteiger partial charge on any atom is -0.490 e. The van der Waals surface area contributed by atoms with E-state index in [1.807, 2.05) is 46.7 Å². The third-order valence-corrected chi connectivity index (χ3v) is 9.39. The number of piperazine rings is 1. The maximum atomic E-state index is 13.9. The maximum absolute atomic E-state index is 13.9. The molecule has 14 heteroatoms. The average Bonchev–Trinajstić information content (AvgIpc) is 3.12. The molecule has 0 unspecified atom stereocenters. The highest BCUT2D eigenvalue weighted by Gasteiger charge is 2.38. The number of allylic oxidation sites excluding steroid dienone is 6. The Kier molecular flexibility index (Phi) is 11.6. The van der Waals surface area contributed by atoms with Crippen LogP contribution in [0.3, 0.4) is 0 Å². The number of para-hydroxylation sites is 1. The van der Waals surface area contributed by atoms with E-state index in [4.69, 9.17) is 9.47 Å². The number of ether oxygens (including phenoxy) is 2. The molecule has 1 fully saturated rings. The second kappa shape index (κ2) is 16.2. The SMILES string of the molecule is O=C(N[C@H]1c2ccccc2OC[C@H]1O)[C@H](Cc1cccnc1)C[C@H](O)CN1CCN(CC2=CC=C3CC=CC=C3O2)C[C@H]1C(=O)NCC(F)(F)F. The fourth-order valence-corrected chi connectivity index (χ4v) is 6.83. The second-order valence-corrected chi connectivity index (χ2v) is 13.2. The fourth-order valence-electron chi connectivity index (χ4n) is 6.83. The van der Waals surface area contributed by atoms with Crippen LogP contribution in [0.15, 0.2) is 96.3 Å². The third kappa shape index (κ3) is 9.64. The van der Waals surface area contributed by atoms with E-state index in [2.05, 4.69) is 10.3 Å². The van der Waals surface area contributed by atoms with E-state index in [0.717, 1.165) is 23.3 Å².